The standard InChI is InChI=1S/C27H26FN5O3/c1-18-25-22(16-23(19-6-4-3-5-7-19)29-26(25)31(2)30-18)27(35)36-17-24(34)33-14-12-32(13-15-33)21-10-8-20(28)9-11-21/h3-11,16H,12-15,17H2,1-2H3. The van der Waals surface area contributed by atoms with Crippen LogP contribution in [0.4, 0.5) is 10.1 Å². The van der Waals surface area contributed by atoms with Gasteiger partial charge >= 0.3 is 5.97 Å². The number of ether oxygens (including phenoxy) is 1. The highest BCUT2D eigenvalue weighted by Gasteiger charge is 2.24. The van der Waals surface area contributed by atoms with Crippen LogP contribution >= 0.6 is 0 Å². The van der Waals surface area contributed by atoms with E-state index in [2.05, 4.69) is 10.00 Å². The molecule has 0 radical (unpaired) electrons. The van der Waals surface area contributed by atoms with Crippen LogP contribution in [0.3, 0.4) is 0 Å². The van der Waals surface area contributed by atoms with Crippen molar-refractivity contribution in [2.75, 3.05) is 37.7 Å². The van der Waals surface area contributed by atoms with Gasteiger partial charge in [0.25, 0.3) is 5.91 Å². The van der Waals surface area contributed by atoms with Gasteiger partial charge in [-0.3, -0.25) is 9.48 Å². The zero-order chi connectivity index (χ0) is 25.2. The number of halogens is 1. The fraction of sp³-hybridized carbons (Fsp3) is 0.259. The number of pyridine rings is 1. The molecule has 9 heteroatoms. The van der Waals surface area contributed by atoms with E-state index in [1.54, 1.807) is 34.8 Å². The highest BCUT2D eigenvalue weighted by molar-refractivity contribution is 6.05. The number of anilines is 1. The SMILES string of the molecule is Cc1nn(C)c2nc(-c3ccccc3)cc(C(=O)OCC(=O)N3CCN(c4ccc(F)cc4)CC3)c12. The van der Waals surface area contributed by atoms with Gasteiger partial charge in [-0.25, -0.2) is 14.2 Å². The van der Waals surface area contributed by atoms with Crippen molar-refractivity contribution in [2.45, 2.75) is 6.92 Å². The monoisotopic (exact) mass is 487 g/mol. The lowest BCUT2D eigenvalue weighted by molar-refractivity contribution is -0.134. The molecule has 1 saturated heterocycles. The van der Waals surface area contributed by atoms with Crippen LogP contribution in [0, 0.1) is 12.7 Å². The first kappa shape index (κ1) is 23.5. The summed E-state index contributed by atoms with van der Waals surface area (Å²) in [4.78, 5) is 34.4. The van der Waals surface area contributed by atoms with E-state index < -0.39 is 5.97 Å². The van der Waals surface area contributed by atoms with E-state index in [1.165, 1.54) is 12.1 Å². The summed E-state index contributed by atoms with van der Waals surface area (Å²) in [6.45, 7) is 3.69. The molecule has 8 nitrogen and oxygen atoms in total. The van der Waals surface area contributed by atoms with Crippen LogP contribution in [0.15, 0.2) is 60.7 Å². The molecule has 2 aromatic heterocycles. The molecule has 5 rings (SSSR count). The normalized spacial score (nSPS) is 13.8. The molecule has 3 heterocycles. The Labute approximate surface area is 207 Å². The fourth-order valence-electron chi connectivity index (χ4n) is 4.52. The van der Waals surface area contributed by atoms with Crippen LogP contribution in [0.25, 0.3) is 22.3 Å². The average molecular weight is 488 g/mol. The van der Waals surface area contributed by atoms with Crippen molar-refractivity contribution in [3.63, 3.8) is 0 Å². The molecule has 0 saturated carbocycles. The number of carbonyl (C=O) groups is 2. The molecular formula is C27H26FN5O3. The maximum absolute atomic E-state index is 13.2. The highest BCUT2D eigenvalue weighted by Crippen LogP contribution is 2.27. The number of aromatic nitrogens is 3. The van der Waals surface area contributed by atoms with Gasteiger partial charge in [0.1, 0.15) is 5.82 Å². The molecule has 0 unspecified atom stereocenters. The van der Waals surface area contributed by atoms with Gasteiger partial charge in [0.15, 0.2) is 12.3 Å². The minimum Gasteiger partial charge on any atom is -0.452 e. The van der Waals surface area contributed by atoms with E-state index in [0.29, 0.717) is 54.2 Å². The van der Waals surface area contributed by atoms with Crippen LogP contribution in [-0.4, -0.2) is 64.3 Å². The Morgan fingerprint density at radius 3 is 2.39 bits per heavy atom. The third kappa shape index (κ3) is 4.64. The van der Waals surface area contributed by atoms with Crippen molar-refractivity contribution in [1.29, 1.82) is 0 Å². The largest absolute Gasteiger partial charge is 0.452 e. The lowest BCUT2D eigenvalue weighted by Crippen LogP contribution is -2.49. The molecule has 0 bridgehead atoms. The number of amides is 1. The molecule has 2 aromatic carbocycles. The molecule has 0 spiro atoms. The molecule has 1 aliphatic heterocycles. The number of esters is 1. The number of hydrogen-bond acceptors (Lipinski definition) is 6. The second-order valence-electron chi connectivity index (χ2n) is 8.75. The summed E-state index contributed by atoms with van der Waals surface area (Å²) in [5.74, 6) is -1.12. The smallest absolute Gasteiger partial charge is 0.339 e. The van der Waals surface area contributed by atoms with Gasteiger partial charge in [-0.15, -0.1) is 0 Å². The number of carbonyl (C=O) groups excluding carboxylic acids is 2. The zero-order valence-corrected chi connectivity index (χ0v) is 20.1. The average Bonchev–Trinajstić information content (AvgIpc) is 3.20. The Morgan fingerprint density at radius 2 is 1.69 bits per heavy atom. The van der Waals surface area contributed by atoms with Crippen molar-refractivity contribution in [2.24, 2.45) is 7.05 Å². The summed E-state index contributed by atoms with van der Waals surface area (Å²) < 4.78 is 20.3. The predicted molar refractivity (Wildman–Crippen MR) is 134 cm³/mol. The molecule has 184 valence electrons. The van der Waals surface area contributed by atoms with E-state index >= 15 is 0 Å². The first-order chi connectivity index (χ1) is 17.4. The maximum Gasteiger partial charge on any atom is 0.339 e. The minimum absolute atomic E-state index is 0.251. The first-order valence-electron chi connectivity index (χ1n) is 11.8. The Balaban J connectivity index is 1.28. The molecule has 36 heavy (non-hydrogen) atoms. The van der Waals surface area contributed by atoms with Crippen LogP contribution in [-0.2, 0) is 16.6 Å². The number of fused-ring (bicyclic) bond motifs is 1. The third-order valence-corrected chi connectivity index (χ3v) is 6.41. The van der Waals surface area contributed by atoms with Gasteiger partial charge in [0, 0.05) is 44.5 Å². The molecule has 1 fully saturated rings. The molecule has 0 aliphatic carbocycles. The number of rotatable bonds is 5. The number of nitrogens with zero attached hydrogens (tertiary/aromatic N) is 5. The van der Waals surface area contributed by atoms with E-state index in [9.17, 15) is 14.0 Å². The quantitative estimate of drug-likeness (QED) is 0.401. The van der Waals surface area contributed by atoms with Crippen LogP contribution in [0.5, 0.6) is 0 Å². The summed E-state index contributed by atoms with van der Waals surface area (Å²) in [6, 6.07) is 17.6. The van der Waals surface area contributed by atoms with Gasteiger partial charge in [0.05, 0.1) is 22.3 Å². The first-order valence-corrected chi connectivity index (χ1v) is 11.8. The lowest BCUT2D eigenvalue weighted by Gasteiger charge is -2.36. The number of hydrogen-bond donors (Lipinski definition) is 0. The van der Waals surface area contributed by atoms with Crippen LogP contribution in [0.2, 0.25) is 0 Å². The Hall–Kier alpha value is -4.27. The summed E-state index contributed by atoms with van der Waals surface area (Å²) >= 11 is 0. The van der Waals surface area contributed by atoms with Gasteiger partial charge in [-0.2, -0.15) is 5.10 Å². The second kappa shape index (κ2) is 9.77. The second-order valence-corrected chi connectivity index (χ2v) is 8.75. The van der Waals surface area contributed by atoms with Crippen molar-refractivity contribution in [3.8, 4) is 11.3 Å². The van der Waals surface area contributed by atoms with Gasteiger partial charge < -0.3 is 14.5 Å². The predicted octanol–water partition coefficient (Wildman–Crippen LogP) is 3.59. The third-order valence-electron chi connectivity index (χ3n) is 6.41. The van der Waals surface area contributed by atoms with E-state index in [4.69, 9.17) is 9.72 Å². The lowest BCUT2D eigenvalue weighted by atomic mass is 10.1. The van der Waals surface area contributed by atoms with Gasteiger partial charge in [0.2, 0.25) is 0 Å². The molecule has 4 aromatic rings. The number of benzene rings is 2. The van der Waals surface area contributed by atoms with Crippen LogP contribution in [0.1, 0.15) is 16.1 Å². The fourth-order valence-corrected chi connectivity index (χ4v) is 4.52. The van der Waals surface area contributed by atoms with E-state index in [-0.39, 0.29) is 18.3 Å². The van der Waals surface area contributed by atoms with E-state index in [0.717, 1.165) is 11.3 Å². The Bertz CT molecular complexity index is 1410. The summed E-state index contributed by atoms with van der Waals surface area (Å²) in [6.07, 6.45) is 0. The van der Waals surface area contributed by atoms with Gasteiger partial charge in [-0.05, 0) is 37.3 Å². The number of piperazine rings is 1. The van der Waals surface area contributed by atoms with Crippen molar-refractivity contribution < 1.29 is 18.7 Å². The zero-order valence-electron chi connectivity index (χ0n) is 20.1. The maximum atomic E-state index is 13.2. The van der Waals surface area contributed by atoms with Crippen LogP contribution < -0.4 is 4.90 Å². The summed E-state index contributed by atoms with van der Waals surface area (Å²) in [5, 5.41) is 5.03. The van der Waals surface area contributed by atoms with E-state index in [1.807, 2.05) is 37.3 Å². The van der Waals surface area contributed by atoms with Crippen molar-refractivity contribution in [3.05, 3.63) is 77.7 Å². The minimum atomic E-state index is -0.589. The van der Waals surface area contributed by atoms with Crippen molar-refractivity contribution >= 4 is 28.6 Å². The molecular weight excluding hydrogens is 461 g/mol. The Morgan fingerprint density at radius 1 is 1.00 bits per heavy atom. The molecule has 0 atom stereocenters. The topological polar surface area (TPSA) is 80.6 Å². The number of aryl methyl sites for hydroxylation is 2. The highest BCUT2D eigenvalue weighted by atomic mass is 19.1. The van der Waals surface area contributed by atoms with Gasteiger partial charge in [-0.1, -0.05) is 30.3 Å². The molecule has 0 N–H and O–H groups in total. The molecule has 1 aliphatic rings. The summed E-state index contributed by atoms with van der Waals surface area (Å²) in [5.41, 5.74) is 3.97. The molecule has 1 amide bonds. The van der Waals surface area contributed by atoms with Crippen molar-refractivity contribution in [1.82, 2.24) is 19.7 Å². The Kier molecular flexibility index (Phi) is 6.37. The summed E-state index contributed by atoms with van der Waals surface area (Å²) in [7, 11) is 1.78.